The maximum atomic E-state index is 8.78. The van der Waals surface area contributed by atoms with Crippen LogP contribution in [-0.2, 0) is 0 Å². The Morgan fingerprint density at radius 1 is 1.80 bits per heavy atom. The molecule has 1 atom stereocenters. The molecule has 1 N–H and O–H groups in total. The van der Waals surface area contributed by atoms with Crippen molar-refractivity contribution in [2.45, 2.75) is 6.35 Å². The van der Waals surface area contributed by atoms with Gasteiger partial charge in [0, 0.05) is 11.8 Å². The Balaban J connectivity index is 0. The van der Waals surface area contributed by atoms with Gasteiger partial charge in [-0.2, -0.15) is 0 Å². The summed E-state index contributed by atoms with van der Waals surface area (Å²) in [6.07, 6.45) is 0.0305. The summed E-state index contributed by atoms with van der Waals surface area (Å²) < 4.78 is 0.821. The number of aliphatic hydroxyl groups excluding tert-OH is 1. The molecule has 0 bridgehead atoms. The summed E-state index contributed by atoms with van der Waals surface area (Å²) in [7, 11) is 0. The second-order valence-corrected chi connectivity index (χ2v) is 2.02. The van der Waals surface area contributed by atoms with Crippen molar-refractivity contribution in [1.82, 2.24) is 4.42 Å². The molecule has 1 aliphatic rings. The summed E-state index contributed by atoms with van der Waals surface area (Å²) in [6.45, 7) is 0. The van der Waals surface area contributed by atoms with Gasteiger partial charge in [-0.15, -0.1) is 0 Å². The fourth-order valence-corrected chi connectivity index (χ4v) is 0.575. The zero-order valence-electron chi connectivity index (χ0n) is 6.20. The summed E-state index contributed by atoms with van der Waals surface area (Å²) in [5, 5.41) is 8.79. The molecule has 1 heterocycles. The molecule has 1 aliphatic heterocycles. The molecule has 4 nitrogen and oxygen atoms in total. The van der Waals surface area contributed by atoms with Gasteiger partial charge in [-0.05, 0) is 11.6 Å². The third kappa shape index (κ3) is 2.38. The first kappa shape index (κ1) is 10.7. The van der Waals surface area contributed by atoms with Gasteiger partial charge in [0.15, 0.2) is 0 Å². The Kier molecular flexibility index (Phi) is 4.84. The van der Waals surface area contributed by atoms with Gasteiger partial charge in [0.25, 0.3) is 0 Å². The third-order valence-electron chi connectivity index (χ3n) is 0.743. The maximum Gasteiger partial charge on any atom is 1.00 e. The average molecular weight is 192 g/mol. The van der Waals surface area contributed by atoms with Crippen LogP contribution in [0, 0.1) is 0 Å². The van der Waals surface area contributed by atoms with Crippen LogP contribution in [-0.4, -0.2) is 27.5 Å². The Hall–Kier alpha value is 0.680. The van der Waals surface area contributed by atoms with Crippen molar-refractivity contribution in [3.63, 3.8) is 0 Å². The van der Waals surface area contributed by atoms with E-state index in [1.807, 2.05) is 0 Å². The summed E-state index contributed by atoms with van der Waals surface area (Å²) in [5.41, 5.74) is 0. The number of nitrogens with zero attached hydrogens (tertiary/aromatic N) is 3. The number of rotatable bonds is 0. The molecule has 10 heavy (non-hydrogen) atoms. The molecule has 1 rings (SSSR count). The van der Waals surface area contributed by atoms with Crippen molar-refractivity contribution < 1.29 is 36.1 Å². The van der Waals surface area contributed by atoms with E-state index in [0.29, 0.717) is 0 Å². The zero-order valence-corrected chi connectivity index (χ0v) is 8.71. The quantitative estimate of drug-likeness (QED) is 0.261. The maximum absolute atomic E-state index is 8.78. The second kappa shape index (κ2) is 4.54. The molecule has 0 aliphatic carbocycles. The predicted molar refractivity (Wildman–Crippen MR) is 36.6 cm³/mol. The van der Waals surface area contributed by atoms with Crippen LogP contribution >= 0.6 is 23.4 Å². The van der Waals surface area contributed by atoms with Crippen molar-refractivity contribution in [1.29, 1.82) is 0 Å². The van der Waals surface area contributed by atoms with Crippen LogP contribution in [0.4, 0.5) is 0 Å². The number of aliphatic imine (C=N–C) groups is 2. The van der Waals surface area contributed by atoms with Crippen LogP contribution in [0.2, 0.25) is 0 Å². The fourth-order valence-electron chi connectivity index (χ4n) is 0.350. The molecule has 0 saturated heterocycles. The van der Waals surface area contributed by atoms with Crippen LogP contribution in [0.1, 0.15) is 1.43 Å². The SMILES string of the molecule is OC1N=CN=C(Cl)N1Cl.[H-].[Na+]. The number of hydrogen-bond acceptors (Lipinski definition) is 4. The first-order chi connectivity index (χ1) is 4.22. The van der Waals surface area contributed by atoms with E-state index < -0.39 is 6.35 Å². The normalized spacial score (nSPS) is 23.7. The van der Waals surface area contributed by atoms with Crippen molar-refractivity contribution in [2.75, 3.05) is 0 Å². The van der Waals surface area contributed by atoms with E-state index in [1.54, 1.807) is 0 Å². The molecule has 0 spiro atoms. The van der Waals surface area contributed by atoms with Crippen LogP contribution < -0.4 is 29.6 Å². The Bertz CT molecular complexity index is 178. The number of amidine groups is 1. The number of halogens is 2. The second-order valence-electron chi connectivity index (χ2n) is 1.32. The summed E-state index contributed by atoms with van der Waals surface area (Å²) in [6, 6.07) is 0. The summed E-state index contributed by atoms with van der Waals surface area (Å²) in [4.78, 5) is 6.90. The van der Waals surface area contributed by atoms with Crippen molar-refractivity contribution in [3.05, 3.63) is 0 Å². The largest absolute Gasteiger partial charge is 1.00 e. The zero-order chi connectivity index (χ0) is 6.85. The van der Waals surface area contributed by atoms with E-state index in [1.165, 1.54) is 0 Å². The molecule has 7 heteroatoms. The Morgan fingerprint density at radius 3 is 2.80 bits per heavy atom. The van der Waals surface area contributed by atoms with Gasteiger partial charge < -0.3 is 6.53 Å². The van der Waals surface area contributed by atoms with Crippen molar-refractivity contribution in [2.24, 2.45) is 9.98 Å². The predicted octanol–water partition coefficient (Wildman–Crippen LogP) is -2.53. The van der Waals surface area contributed by atoms with E-state index >= 15 is 0 Å². The Labute approximate surface area is 91.4 Å². The van der Waals surface area contributed by atoms with Gasteiger partial charge in [-0.25, -0.2) is 14.4 Å². The standard InChI is InChI=1S/C3H3Cl2N3O.Na.H/c4-2-6-1-7-3(9)8(2)5;;/h1,3,9H;;/q;+1;-1. The van der Waals surface area contributed by atoms with Crippen LogP contribution in [0.5, 0.6) is 0 Å². The third-order valence-corrected chi connectivity index (χ3v) is 1.44. The topological polar surface area (TPSA) is 48.2 Å². The van der Waals surface area contributed by atoms with Crippen LogP contribution in [0.15, 0.2) is 9.98 Å². The monoisotopic (exact) mass is 191 g/mol. The minimum Gasteiger partial charge on any atom is -1.00 e. The molecule has 1 unspecified atom stereocenters. The van der Waals surface area contributed by atoms with Crippen molar-refractivity contribution >= 4 is 35.0 Å². The molecule has 0 saturated carbocycles. The summed E-state index contributed by atoms with van der Waals surface area (Å²) in [5.74, 6) is 0. The van der Waals surface area contributed by atoms with Gasteiger partial charge in [-0.3, -0.25) is 0 Å². The van der Waals surface area contributed by atoms with Gasteiger partial charge in [0.2, 0.25) is 11.6 Å². The Morgan fingerprint density at radius 2 is 2.40 bits per heavy atom. The molecular weight excluding hydrogens is 188 g/mol. The molecule has 0 amide bonds. The molecule has 52 valence electrons. The van der Waals surface area contributed by atoms with Crippen molar-refractivity contribution in [3.8, 4) is 0 Å². The van der Waals surface area contributed by atoms with Gasteiger partial charge in [0.1, 0.15) is 6.34 Å². The van der Waals surface area contributed by atoms with E-state index in [9.17, 15) is 0 Å². The fraction of sp³-hybridized carbons (Fsp3) is 0.333. The van der Waals surface area contributed by atoms with Crippen LogP contribution in [0.3, 0.4) is 0 Å². The van der Waals surface area contributed by atoms with E-state index in [0.717, 1.165) is 10.8 Å². The van der Waals surface area contributed by atoms with Gasteiger partial charge >= 0.3 is 29.6 Å². The number of hydrogen-bond donors (Lipinski definition) is 1. The van der Waals surface area contributed by atoms with E-state index in [4.69, 9.17) is 28.5 Å². The first-order valence-electron chi connectivity index (χ1n) is 2.10. The molecule has 0 aromatic rings. The van der Waals surface area contributed by atoms with Gasteiger partial charge in [-0.1, -0.05) is 0 Å². The molecule has 0 aromatic heterocycles. The number of aliphatic hydroxyl groups is 1. The molecule has 0 aromatic carbocycles. The molecule has 0 fully saturated rings. The molecule has 0 radical (unpaired) electrons. The molecular formula is C3H4Cl2N3NaO. The van der Waals surface area contributed by atoms with E-state index in [-0.39, 0.29) is 36.3 Å². The summed E-state index contributed by atoms with van der Waals surface area (Å²) >= 11 is 10.7. The van der Waals surface area contributed by atoms with E-state index in [2.05, 4.69) is 9.98 Å². The van der Waals surface area contributed by atoms with Crippen LogP contribution in [0.25, 0.3) is 0 Å². The average Bonchev–Trinajstić information content (AvgIpc) is 1.83. The first-order valence-corrected chi connectivity index (χ1v) is 2.81. The minimum atomic E-state index is -1.11. The van der Waals surface area contributed by atoms with Gasteiger partial charge in [0.05, 0.1) is 0 Å². The smallest absolute Gasteiger partial charge is 1.00 e. The minimum absolute atomic E-state index is 0.